The maximum Gasteiger partial charge on any atom is 0.276 e. The summed E-state index contributed by atoms with van der Waals surface area (Å²) in [6, 6.07) is 0. The SMILES string of the molecule is CC(C)(C)NC(=O)CNC(=O)C1CCN(S(N)(=O)=O)CC1. The molecule has 1 fully saturated rings. The second-order valence-electron chi connectivity index (χ2n) is 6.23. The molecule has 1 aliphatic rings. The van der Waals surface area contributed by atoms with Crippen LogP contribution in [-0.2, 0) is 19.8 Å². The first kappa shape index (κ1) is 17.9. The molecule has 122 valence electrons. The lowest BCUT2D eigenvalue weighted by molar-refractivity contribution is -0.129. The van der Waals surface area contributed by atoms with Gasteiger partial charge in [-0.3, -0.25) is 9.59 Å². The Morgan fingerprint density at radius 3 is 2.19 bits per heavy atom. The van der Waals surface area contributed by atoms with Crippen LogP contribution in [0, 0.1) is 5.92 Å². The summed E-state index contributed by atoms with van der Waals surface area (Å²) in [7, 11) is -3.68. The summed E-state index contributed by atoms with van der Waals surface area (Å²) in [6.45, 7) is 5.95. The topological polar surface area (TPSA) is 122 Å². The van der Waals surface area contributed by atoms with Crippen molar-refractivity contribution in [1.82, 2.24) is 14.9 Å². The van der Waals surface area contributed by atoms with Crippen LogP contribution < -0.4 is 15.8 Å². The number of nitrogens with zero attached hydrogens (tertiary/aromatic N) is 1. The number of piperidine rings is 1. The minimum Gasteiger partial charge on any atom is -0.350 e. The van der Waals surface area contributed by atoms with Crippen LogP contribution >= 0.6 is 0 Å². The van der Waals surface area contributed by atoms with Crippen molar-refractivity contribution in [2.24, 2.45) is 11.1 Å². The molecule has 1 rings (SSSR count). The molecule has 21 heavy (non-hydrogen) atoms. The van der Waals surface area contributed by atoms with Crippen LogP contribution in [0.2, 0.25) is 0 Å². The van der Waals surface area contributed by atoms with Gasteiger partial charge in [0.1, 0.15) is 0 Å². The molecular formula is C12H24N4O4S. The molecule has 0 bridgehead atoms. The second-order valence-corrected chi connectivity index (χ2v) is 7.78. The summed E-state index contributed by atoms with van der Waals surface area (Å²) < 4.78 is 23.5. The van der Waals surface area contributed by atoms with Gasteiger partial charge < -0.3 is 10.6 Å². The Kier molecular flexibility index (Phi) is 5.71. The summed E-state index contributed by atoms with van der Waals surface area (Å²) in [5.41, 5.74) is -0.345. The van der Waals surface area contributed by atoms with Crippen molar-refractivity contribution in [1.29, 1.82) is 0 Å². The highest BCUT2D eigenvalue weighted by atomic mass is 32.2. The van der Waals surface area contributed by atoms with Gasteiger partial charge >= 0.3 is 0 Å². The number of hydrogen-bond donors (Lipinski definition) is 3. The fourth-order valence-corrected chi connectivity index (χ4v) is 2.87. The van der Waals surface area contributed by atoms with E-state index in [-0.39, 0.29) is 42.9 Å². The summed E-state index contributed by atoms with van der Waals surface area (Å²) in [6.07, 6.45) is 0.812. The van der Waals surface area contributed by atoms with Crippen LogP contribution in [0.4, 0.5) is 0 Å². The van der Waals surface area contributed by atoms with Gasteiger partial charge in [0.15, 0.2) is 0 Å². The Balaban J connectivity index is 2.37. The molecule has 0 unspecified atom stereocenters. The smallest absolute Gasteiger partial charge is 0.276 e. The predicted molar refractivity (Wildman–Crippen MR) is 78.3 cm³/mol. The van der Waals surface area contributed by atoms with E-state index in [0.717, 1.165) is 4.31 Å². The molecule has 0 radical (unpaired) electrons. The molecule has 0 aromatic heterocycles. The van der Waals surface area contributed by atoms with Gasteiger partial charge in [-0.05, 0) is 33.6 Å². The third kappa shape index (κ3) is 6.40. The van der Waals surface area contributed by atoms with E-state index in [0.29, 0.717) is 12.8 Å². The van der Waals surface area contributed by atoms with Crippen molar-refractivity contribution < 1.29 is 18.0 Å². The standard InChI is InChI=1S/C12H24N4O4S/c1-12(2,3)15-10(17)8-14-11(18)9-4-6-16(7-5-9)21(13,19)20/h9H,4-8H2,1-3H3,(H,14,18)(H,15,17)(H2,13,19,20). The van der Waals surface area contributed by atoms with Crippen LogP contribution in [0.5, 0.6) is 0 Å². The van der Waals surface area contributed by atoms with Crippen molar-refractivity contribution in [3.8, 4) is 0 Å². The zero-order valence-electron chi connectivity index (χ0n) is 12.7. The van der Waals surface area contributed by atoms with Gasteiger partial charge in [0.25, 0.3) is 10.2 Å². The Morgan fingerprint density at radius 2 is 1.76 bits per heavy atom. The number of nitrogens with one attached hydrogen (secondary N) is 2. The Hall–Kier alpha value is -1.19. The van der Waals surface area contributed by atoms with Crippen molar-refractivity contribution in [3.05, 3.63) is 0 Å². The fraction of sp³-hybridized carbons (Fsp3) is 0.833. The first-order chi connectivity index (χ1) is 9.49. The highest BCUT2D eigenvalue weighted by Crippen LogP contribution is 2.18. The zero-order valence-corrected chi connectivity index (χ0v) is 13.5. The number of carbonyl (C=O) groups is 2. The van der Waals surface area contributed by atoms with Crippen LogP contribution in [0.3, 0.4) is 0 Å². The van der Waals surface area contributed by atoms with Crippen LogP contribution in [0.25, 0.3) is 0 Å². The number of rotatable bonds is 4. The van der Waals surface area contributed by atoms with E-state index in [1.54, 1.807) is 0 Å². The molecule has 8 nitrogen and oxygen atoms in total. The number of amides is 2. The van der Waals surface area contributed by atoms with E-state index in [9.17, 15) is 18.0 Å². The molecule has 2 amide bonds. The van der Waals surface area contributed by atoms with Gasteiger partial charge in [-0.25, -0.2) is 5.14 Å². The average Bonchev–Trinajstić information content (AvgIpc) is 2.33. The van der Waals surface area contributed by atoms with Crippen LogP contribution in [0.1, 0.15) is 33.6 Å². The molecule has 0 saturated carbocycles. The first-order valence-corrected chi connectivity index (χ1v) is 8.36. The van der Waals surface area contributed by atoms with E-state index in [2.05, 4.69) is 10.6 Å². The van der Waals surface area contributed by atoms with Gasteiger partial charge in [-0.2, -0.15) is 12.7 Å². The third-order valence-corrected chi connectivity index (χ3v) is 4.21. The van der Waals surface area contributed by atoms with E-state index in [1.165, 1.54) is 0 Å². The van der Waals surface area contributed by atoms with Gasteiger partial charge in [-0.1, -0.05) is 0 Å². The largest absolute Gasteiger partial charge is 0.350 e. The molecule has 9 heteroatoms. The summed E-state index contributed by atoms with van der Waals surface area (Å²) >= 11 is 0. The summed E-state index contributed by atoms with van der Waals surface area (Å²) in [5, 5.41) is 10.4. The molecule has 1 saturated heterocycles. The monoisotopic (exact) mass is 320 g/mol. The van der Waals surface area contributed by atoms with Crippen molar-refractivity contribution in [2.45, 2.75) is 39.2 Å². The van der Waals surface area contributed by atoms with Crippen LogP contribution in [-0.4, -0.2) is 49.7 Å². The summed E-state index contributed by atoms with van der Waals surface area (Å²) in [4.78, 5) is 23.5. The third-order valence-electron chi connectivity index (χ3n) is 3.12. The molecule has 1 heterocycles. The van der Waals surface area contributed by atoms with E-state index >= 15 is 0 Å². The number of hydrogen-bond acceptors (Lipinski definition) is 4. The van der Waals surface area contributed by atoms with Crippen molar-refractivity contribution in [2.75, 3.05) is 19.6 Å². The molecule has 0 aromatic carbocycles. The summed E-state index contributed by atoms with van der Waals surface area (Å²) in [5.74, 6) is -0.767. The van der Waals surface area contributed by atoms with Gasteiger partial charge in [0.05, 0.1) is 6.54 Å². The van der Waals surface area contributed by atoms with Crippen molar-refractivity contribution >= 4 is 22.0 Å². The molecule has 1 aliphatic heterocycles. The zero-order chi connectivity index (χ0) is 16.3. The van der Waals surface area contributed by atoms with Gasteiger partial charge in [0, 0.05) is 24.5 Å². The lowest BCUT2D eigenvalue weighted by atomic mass is 9.97. The van der Waals surface area contributed by atoms with E-state index in [4.69, 9.17) is 5.14 Å². The molecule has 0 atom stereocenters. The minimum atomic E-state index is -3.68. The van der Waals surface area contributed by atoms with Crippen LogP contribution in [0.15, 0.2) is 0 Å². The number of carbonyl (C=O) groups excluding carboxylic acids is 2. The van der Waals surface area contributed by atoms with E-state index in [1.807, 2.05) is 20.8 Å². The number of nitrogens with two attached hydrogens (primary N) is 1. The lowest BCUT2D eigenvalue weighted by Gasteiger charge is -2.29. The molecule has 0 spiro atoms. The Labute approximate surface area is 125 Å². The lowest BCUT2D eigenvalue weighted by Crippen LogP contribution is -2.48. The average molecular weight is 320 g/mol. The predicted octanol–water partition coefficient (Wildman–Crippen LogP) is -1.07. The quantitative estimate of drug-likeness (QED) is 0.610. The maximum atomic E-state index is 11.9. The van der Waals surface area contributed by atoms with Crippen molar-refractivity contribution in [3.63, 3.8) is 0 Å². The Bertz CT molecular complexity index is 490. The molecule has 4 N–H and O–H groups in total. The second kappa shape index (κ2) is 6.71. The molecule has 0 aliphatic carbocycles. The van der Waals surface area contributed by atoms with Gasteiger partial charge in [-0.15, -0.1) is 0 Å². The highest BCUT2D eigenvalue weighted by molar-refractivity contribution is 7.86. The molecule has 0 aromatic rings. The minimum absolute atomic E-state index is 0.0779. The van der Waals surface area contributed by atoms with Gasteiger partial charge in [0.2, 0.25) is 11.8 Å². The van der Waals surface area contributed by atoms with E-state index < -0.39 is 10.2 Å². The molecular weight excluding hydrogens is 296 g/mol. The fourth-order valence-electron chi connectivity index (χ4n) is 2.15. The first-order valence-electron chi connectivity index (χ1n) is 6.85. The normalized spacial score (nSPS) is 18.3. The highest BCUT2D eigenvalue weighted by Gasteiger charge is 2.29. The Morgan fingerprint density at radius 1 is 1.24 bits per heavy atom. The maximum absolute atomic E-state index is 11.9.